The molecule has 6 nitrogen and oxygen atoms in total. The summed E-state index contributed by atoms with van der Waals surface area (Å²) in [4.78, 5) is 12.0. The van der Waals surface area contributed by atoms with Gasteiger partial charge in [-0.1, -0.05) is 18.2 Å². The molecule has 24 heavy (non-hydrogen) atoms. The van der Waals surface area contributed by atoms with Crippen LogP contribution in [-0.4, -0.2) is 29.8 Å². The summed E-state index contributed by atoms with van der Waals surface area (Å²) in [6.07, 6.45) is 1.92. The maximum absolute atomic E-state index is 12.0. The number of hydrogen-bond acceptors (Lipinski definition) is 4. The molecular weight excluding hydrogens is 308 g/mol. The number of amides is 2. The van der Waals surface area contributed by atoms with Crippen molar-refractivity contribution in [1.82, 2.24) is 10.6 Å². The second-order valence-corrected chi connectivity index (χ2v) is 6.07. The number of rotatable bonds is 6. The SMILES string of the molecule is CC(CC(O)c1ccco1)NC(=O)NCC1Cc2ccccc2O1. The van der Waals surface area contributed by atoms with Crippen LogP contribution in [0.25, 0.3) is 0 Å². The summed E-state index contributed by atoms with van der Waals surface area (Å²) in [6.45, 7) is 2.28. The zero-order valence-electron chi connectivity index (χ0n) is 13.6. The molecule has 0 bridgehead atoms. The summed E-state index contributed by atoms with van der Waals surface area (Å²) in [5.41, 5.74) is 1.17. The van der Waals surface area contributed by atoms with Crippen molar-refractivity contribution in [1.29, 1.82) is 0 Å². The largest absolute Gasteiger partial charge is 0.488 e. The third-order valence-corrected chi connectivity index (χ3v) is 4.03. The Labute approximate surface area is 140 Å². The van der Waals surface area contributed by atoms with E-state index in [4.69, 9.17) is 9.15 Å². The third kappa shape index (κ3) is 4.08. The van der Waals surface area contributed by atoms with Gasteiger partial charge in [-0.3, -0.25) is 0 Å². The lowest BCUT2D eigenvalue weighted by Gasteiger charge is -2.18. The maximum atomic E-state index is 12.0. The minimum absolute atomic E-state index is 0.0443. The number of hydrogen-bond donors (Lipinski definition) is 3. The van der Waals surface area contributed by atoms with E-state index in [0.717, 1.165) is 12.2 Å². The van der Waals surface area contributed by atoms with Crippen LogP contribution in [0, 0.1) is 0 Å². The van der Waals surface area contributed by atoms with E-state index < -0.39 is 6.10 Å². The number of carbonyl (C=O) groups excluding carboxylic acids is 1. The van der Waals surface area contributed by atoms with Crippen molar-refractivity contribution in [2.45, 2.75) is 38.0 Å². The van der Waals surface area contributed by atoms with Crippen molar-refractivity contribution in [3.05, 3.63) is 54.0 Å². The summed E-state index contributed by atoms with van der Waals surface area (Å²) >= 11 is 0. The zero-order valence-corrected chi connectivity index (χ0v) is 13.6. The summed E-state index contributed by atoms with van der Waals surface area (Å²) < 4.78 is 10.9. The van der Waals surface area contributed by atoms with Gasteiger partial charge in [0.1, 0.15) is 23.7 Å². The molecule has 128 valence electrons. The number of ether oxygens (including phenoxy) is 1. The van der Waals surface area contributed by atoms with E-state index in [9.17, 15) is 9.90 Å². The number of furan rings is 1. The molecule has 0 fully saturated rings. The van der Waals surface area contributed by atoms with Crippen LogP contribution >= 0.6 is 0 Å². The second-order valence-electron chi connectivity index (χ2n) is 6.07. The van der Waals surface area contributed by atoms with Gasteiger partial charge in [0.05, 0.1) is 12.8 Å². The number of urea groups is 1. The lowest BCUT2D eigenvalue weighted by Crippen LogP contribution is -2.44. The maximum Gasteiger partial charge on any atom is 0.315 e. The van der Waals surface area contributed by atoms with Crippen molar-refractivity contribution in [2.24, 2.45) is 0 Å². The molecule has 3 atom stereocenters. The van der Waals surface area contributed by atoms with Gasteiger partial charge in [-0.2, -0.15) is 0 Å². The molecule has 3 rings (SSSR count). The summed E-state index contributed by atoms with van der Waals surface area (Å²) in [5.74, 6) is 1.39. The Balaban J connectivity index is 1.38. The van der Waals surface area contributed by atoms with Gasteiger partial charge in [0, 0.05) is 18.9 Å². The average molecular weight is 330 g/mol. The predicted octanol–water partition coefficient (Wildman–Crippen LogP) is 2.39. The van der Waals surface area contributed by atoms with Gasteiger partial charge < -0.3 is 24.9 Å². The Hall–Kier alpha value is -2.47. The lowest BCUT2D eigenvalue weighted by atomic mass is 10.1. The zero-order chi connectivity index (χ0) is 16.9. The summed E-state index contributed by atoms with van der Waals surface area (Å²) in [7, 11) is 0. The molecule has 0 saturated heterocycles. The van der Waals surface area contributed by atoms with Crippen LogP contribution in [0.15, 0.2) is 47.1 Å². The molecule has 1 aliphatic heterocycles. The number of fused-ring (bicyclic) bond motifs is 1. The molecule has 0 saturated carbocycles. The molecule has 1 aliphatic rings. The van der Waals surface area contributed by atoms with Crippen LogP contribution in [0.5, 0.6) is 5.75 Å². The number of aliphatic hydroxyl groups is 1. The van der Waals surface area contributed by atoms with Gasteiger partial charge in [0.25, 0.3) is 0 Å². The van der Waals surface area contributed by atoms with Gasteiger partial charge in [0.15, 0.2) is 0 Å². The number of para-hydroxylation sites is 1. The Morgan fingerprint density at radius 2 is 2.17 bits per heavy atom. The van der Waals surface area contributed by atoms with Crippen molar-refractivity contribution in [3.63, 3.8) is 0 Å². The monoisotopic (exact) mass is 330 g/mol. The minimum Gasteiger partial charge on any atom is -0.488 e. The summed E-state index contributed by atoms with van der Waals surface area (Å²) in [6, 6.07) is 10.9. The number of benzene rings is 1. The predicted molar refractivity (Wildman–Crippen MR) is 88.8 cm³/mol. The highest BCUT2D eigenvalue weighted by Gasteiger charge is 2.23. The van der Waals surface area contributed by atoms with E-state index in [1.54, 1.807) is 12.1 Å². The Bertz CT molecular complexity index is 646. The normalized spacial score (nSPS) is 18.3. The van der Waals surface area contributed by atoms with Crippen LogP contribution in [-0.2, 0) is 6.42 Å². The summed E-state index contributed by atoms with van der Waals surface area (Å²) in [5, 5.41) is 15.6. The first kappa shape index (κ1) is 16.4. The highest BCUT2D eigenvalue weighted by molar-refractivity contribution is 5.74. The third-order valence-electron chi connectivity index (χ3n) is 4.03. The molecule has 1 aromatic carbocycles. The van der Waals surface area contributed by atoms with Crippen molar-refractivity contribution < 1.29 is 19.1 Å². The molecule has 3 unspecified atom stereocenters. The fraction of sp³-hybridized carbons (Fsp3) is 0.389. The quantitative estimate of drug-likeness (QED) is 0.759. The first-order chi connectivity index (χ1) is 11.6. The second kappa shape index (κ2) is 7.40. The van der Waals surface area contributed by atoms with Crippen molar-refractivity contribution >= 4 is 6.03 Å². The molecule has 3 N–H and O–H groups in total. The topological polar surface area (TPSA) is 83.7 Å². The molecule has 0 spiro atoms. The van der Waals surface area contributed by atoms with Crippen LogP contribution < -0.4 is 15.4 Å². The minimum atomic E-state index is -0.733. The average Bonchev–Trinajstić information content (AvgIpc) is 3.21. The van der Waals surface area contributed by atoms with Gasteiger partial charge in [-0.05, 0) is 30.7 Å². The number of carbonyl (C=O) groups is 1. The van der Waals surface area contributed by atoms with Gasteiger partial charge in [-0.15, -0.1) is 0 Å². The molecule has 1 aromatic heterocycles. The van der Waals surface area contributed by atoms with E-state index in [-0.39, 0.29) is 18.2 Å². The van der Waals surface area contributed by atoms with E-state index in [1.807, 2.05) is 31.2 Å². The van der Waals surface area contributed by atoms with E-state index in [0.29, 0.717) is 18.7 Å². The Morgan fingerprint density at radius 3 is 2.92 bits per heavy atom. The van der Waals surface area contributed by atoms with E-state index in [1.165, 1.54) is 11.8 Å². The molecule has 0 radical (unpaired) electrons. The van der Waals surface area contributed by atoms with Crippen LogP contribution in [0.1, 0.15) is 30.8 Å². The molecule has 2 heterocycles. The van der Waals surface area contributed by atoms with Gasteiger partial charge >= 0.3 is 6.03 Å². The van der Waals surface area contributed by atoms with Crippen molar-refractivity contribution in [3.8, 4) is 5.75 Å². The molecule has 2 amide bonds. The van der Waals surface area contributed by atoms with E-state index in [2.05, 4.69) is 10.6 Å². The molecule has 2 aromatic rings. The standard InChI is InChI=1S/C18H22N2O4/c1-12(9-15(21)17-7-4-8-23-17)20-18(22)19-11-14-10-13-5-2-3-6-16(13)24-14/h2-8,12,14-15,21H,9-11H2,1H3,(H2,19,20,22). The van der Waals surface area contributed by atoms with Crippen LogP contribution in [0.4, 0.5) is 4.79 Å². The van der Waals surface area contributed by atoms with Crippen LogP contribution in [0.3, 0.4) is 0 Å². The molecule has 6 heteroatoms. The molecule has 0 aliphatic carbocycles. The highest BCUT2D eigenvalue weighted by atomic mass is 16.5. The number of aliphatic hydroxyl groups excluding tert-OH is 1. The fourth-order valence-electron chi connectivity index (χ4n) is 2.84. The van der Waals surface area contributed by atoms with E-state index >= 15 is 0 Å². The highest BCUT2D eigenvalue weighted by Crippen LogP contribution is 2.27. The molecular formula is C18H22N2O4. The Morgan fingerprint density at radius 1 is 1.33 bits per heavy atom. The van der Waals surface area contributed by atoms with Gasteiger partial charge in [0.2, 0.25) is 0 Å². The van der Waals surface area contributed by atoms with Gasteiger partial charge in [-0.25, -0.2) is 4.79 Å². The Kier molecular flexibility index (Phi) is 5.05. The smallest absolute Gasteiger partial charge is 0.315 e. The number of nitrogens with one attached hydrogen (secondary N) is 2. The van der Waals surface area contributed by atoms with Crippen molar-refractivity contribution in [2.75, 3.05) is 6.54 Å². The first-order valence-electron chi connectivity index (χ1n) is 8.12. The lowest BCUT2D eigenvalue weighted by molar-refractivity contribution is 0.129. The first-order valence-corrected chi connectivity index (χ1v) is 8.12. The van der Waals surface area contributed by atoms with Crippen LogP contribution in [0.2, 0.25) is 0 Å². The fourth-order valence-corrected chi connectivity index (χ4v) is 2.84.